The molecule has 0 N–H and O–H groups in total. The van der Waals surface area contributed by atoms with Gasteiger partial charge in [-0.15, -0.1) is 0 Å². The zero-order chi connectivity index (χ0) is 7.11. The number of hydrogen-bond acceptors (Lipinski definition) is 1. The maximum absolute atomic E-state index is 5.64. The lowest BCUT2D eigenvalue weighted by Gasteiger charge is -2.07. The molecule has 9 heavy (non-hydrogen) atoms. The lowest BCUT2D eigenvalue weighted by molar-refractivity contribution is 0.621. The van der Waals surface area contributed by atoms with Gasteiger partial charge in [0.25, 0.3) is 0 Å². The van der Waals surface area contributed by atoms with Crippen molar-refractivity contribution in [1.82, 2.24) is 0 Å². The standard InChI is InChI=1S/C5H18OSi3/c1-7-4-5-9(3)6-8-2/h9H,4-5,7-8H2,1-3H3. The smallest absolute Gasteiger partial charge is 0.159 e. The minimum Gasteiger partial charge on any atom is -0.463 e. The minimum absolute atomic E-state index is 0.0843. The average molecular weight is 178 g/mol. The van der Waals surface area contributed by atoms with Crippen molar-refractivity contribution in [3.8, 4) is 0 Å². The molecule has 1 atom stereocenters. The van der Waals surface area contributed by atoms with Crippen molar-refractivity contribution < 1.29 is 4.12 Å². The van der Waals surface area contributed by atoms with Gasteiger partial charge in [0.1, 0.15) is 9.76 Å². The van der Waals surface area contributed by atoms with Gasteiger partial charge in [-0.2, -0.15) is 0 Å². The van der Waals surface area contributed by atoms with Crippen LogP contribution in [0.5, 0.6) is 0 Å². The highest BCUT2D eigenvalue weighted by molar-refractivity contribution is 6.58. The van der Waals surface area contributed by atoms with E-state index in [2.05, 4.69) is 19.6 Å². The molecule has 0 aliphatic carbocycles. The lowest BCUT2D eigenvalue weighted by Crippen LogP contribution is -2.14. The molecule has 0 aliphatic heterocycles. The van der Waals surface area contributed by atoms with Crippen molar-refractivity contribution in [3.63, 3.8) is 0 Å². The number of hydrogen-bond donors (Lipinski definition) is 0. The Hall–Kier alpha value is 0.611. The van der Waals surface area contributed by atoms with E-state index in [1.54, 1.807) is 0 Å². The van der Waals surface area contributed by atoms with Crippen LogP contribution in [-0.4, -0.2) is 28.3 Å². The van der Waals surface area contributed by atoms with E-state index in [9.17, 15) is 0 Å². The average Bonchev–Trinajstić information content (AvgIpc) is 1.85. The first kappa shape index (κ1) is 9.61. The Labute approximate surface area is 64.7 Å². The molecule has 4 heteroatoms. The van der Waals surface area contributed by atoms with Crippen molar-refractivity contribution in [3.05, 3.63) is 0 Å². The summed E-state index contributed by atoms with van der Waals surface area (Å²) < 4.78 is 5.64. The fraction of sp³-hybridized carbons (Fsp3) is 1.00. The first-order valence-corrected chi connectivity index (χ1v) is 10.8. The molecule has 0 fully saturated rings. The fourth-order valence-electron chi connectivity index (χ4n) is 0.859. The molecular weight excluding hydrogens is 160 g/mol. The maximum Gasteiger partial charge on any atom is 0.159 e. The van der Waals surface area contributed by atoms with Gasteiger partial charge in [0.05, 0.1) is 0 Å². The van der Waals surface area contributed by atoms with Crippen LogP contribution >= 0.6 is 0 Å². The van der Waals surface area contributed by atoms with E-state index >= 15 is 0 Å². The minimum atomic E-state index is -0.623. The molecular formula is C5H18OSi3. The predicted octanol–water partition coefficient (Wildman–Crippen LogP) is 0.124. The van der Waals surface area contributed by atoms with Gasteiger partial charge < -0.3 is 4.12 Å². The van der Waals surface area contributed by atoms with Gasteiger partial charge in [0.2, 0.25) is 0 Å². The van der Waals surface area contributed by atoms with E-state index in [1.165, 1.54) is 12.1 Å². The molecule has 0 saturated heterocycles. The van der Waals surface area contributed by atoms with Crippen LogP contribution in [0.15, 0.2) is 0 Å². The third-order valence-corrected chi connectivity index (χ3v) is 8.18. The van der Waals surface area contributed by atoms with Crippen LogP contribution in [-0.2, 0) is 4.12 Å². The molecule has 0 spiro atoms. The topological polar surface area (TPSA) is 9.23 Å². The van der Waals surface area contributed by atoms with Gasteiger partial charge in [0, 0.05) is 9.52 Å². The van der Waals surface area contributed by atoms with Gasteiger partial charge in [-0.3, -0.25) is 0 Å². The third kappa shape index (κ3) is 6.50. The molecule has 0 rings (SSSR count). The SMILES string of the molecule is C[SiH2]CC[SiH](C)O[SiH2]C. The van der Waals surface area contributed by atoms with Crippen LogP contribution in [0.1, 0.15) is 0 Å². The summed E-state index contributed by atoms with van der Waals surface area (Å²) in [6.45, 7) is 6.94. The molecule has 0 aromatic heterocycles. The highest BCUT2D eigenvalue weighted by atomic mass is 28.3. The molecule has 56 valence electrons. The summed E-state index contributed by atoms with van der Waals surface area (Å²) in [5, 5.41) is 0. The van der Waals surface area contributed by atoms with Crippen LogP contribution in [0.2, 0.25) is 31.7 Å². The van der Waals surface area contributed by atoms with Crippen LogP contribution in [0.3, 0.4) is 0 Å². The summed E-state index contributed by atoms with van der Waals surface area (Å²) in [6, 6.07) is 2.96. The van der Waals surface area contributed by atoms with Crippen molar-refractivity contribution in [1.29, 1.82) is 0 Å². The Morgan fingerprint density at radius 3 is 2.56 bits per heavy atom. The van der Waals surface area contributed by atoms with E-state index in [0.29, 0.717) is 9.52 Å². The zero-order valence-corrected chi connectivity index (χ0v) is 10.8. The molecule has 0 aromatic rings. The predicted molar refractivity (Wildman–Crippen MR) is 52.5 cm³/mol. The summed E-state index contributed by atoms with van der Waals surface area (Å²) in [5.41, 5.74) is 0. The summed E-state index contributed by atoms with van der Waals surface area (Å²) in [6.07, 6.45) is 0. The van der Waals surface area contributed by atoms with E-state index in [0.717, 1.165) is 0 Å². The Balaban J connectivity index is 2.95. The highest BCUT2D eigenvalue weighted by Crippen LogP contribution is 1.97. The second-order valence-electron chi connectivity index (χ2n) is 2.41. The number of rotatable bonds is 5. The summed E-state index contributed by atoms with van der Waals surface area (Å²) in [4.78, 5) is 0. The van der Waals surface area contributed by atoms with Crippen molar-refractivity contribution in [2.24, 2.45) is 0 Å². The van der Waals surface area contributed by atoms with Gasteiger partial charge in [-0.1, -0.05) is 19.1 Å². The Kier molecular flexibility index (Phi) is 7.18. The molecule has 0 bridgehead atoms. The molecule has 0 amide bonds. The van der Waals surface area contributed by atoms with Crippen molar-refractivity contribution >= 4 is 28.3 Å². The first-order valence-electron chi connectivity index (χ1n) is 3.92. The van der Waals surface area contributed by atoms with E-state index in [4.69, 9.17) is 4.12 Å². The quantitative estimate of drug-likeness (QED) is 0.544. The molecule has 0 radical (unpaired) electrons. The second-order valence-corrected chi connectivity index (χ2v) is 8.22. The van der Waals surface area contributed by atoms with Gasteiger partial charge >= 0.3 is 0 Å². The molecule has 0 heterocycles. The Bertz CT molecular complexity index is 60.2. The van der Waals surface area contributed by atoms with Crippen molar-refractivity contribution in [2.45, 2.75) is 31.7 Å². The van der Waals surface area contributed by atoms with Crippen LogP contribution in [0.4, 0.5) is 0 Å². The fourth-order valence-corrected chi connectivity index (χ4v) is 7.73. The zero-order valence-electron chi connectivity index (χ0n) is 6.81. The largest absolute Gasteiger partial charge is 0.463 e. The Morgan fingerprint density at radius 1 is 1.44 bits per heavy atom. The van der Waals surface area contributed by atoms with Crippen molar-refractivity contribution in [2.75, 3.05) is 0 Å². The Morgan fingerprint density at radius 2 is 2.11 bits per heavy atom. The van der Waals surface area contributed by atoms with Gasteiger partial charge in [0.15, 0.2) is 9.04 Å². The third-order valence-electron chi connectivity index (χ3n) is 1.42. The molecule has 1 unspecified atom stereocenters. The summed E-state index contributed by atoms with van der Waals surface area (Å²) in [5.74, 6) is 0. The normalized spacial score (nSPS) is 16.3. The molecule has 0 saturated carbocycles. The summed E-state index contributed by atoms with van der Waals surface area (Å²) in [7, 11) is -0.383. The van der Waals surface area contributed by atoms with E-state index in [-0.39, 0.29) is 9.76 Å². The molecule has 0 aliphatic rings. The highest BCUT2D eigenvalue weighted by Gasteiger charge is 2.00. The molecule has 0 aromatic carbocycles. The van der Waals surface area contributed by atoms with Gasteiger partial charge in [-0.05, 0) is 12.6 Å². The van der Waals surface area contributed by atoms with Gasteiger partial charge in [-0.25, -0.2) is 0 Å². The monoisotopic (exact) mass is 178 g/mol. The van der Waals surface area contributed by atoms with Crippen LogP contribution < -0.4 is 0 Å². The second kappa shape index (κ2) is 6.73. The van der Waals surface area contributed by atoms with Crippen LogP contribution in [0.25, 0.3) is 0 Å². The molecule has 1 nitrogen and oxygen atoms in total. The summed E-state index contributed by atoms with van der Waals surface area (Å²) >= 11 is 0. The first-order chi connectivity index (χ1) is 4.31. The van der Waals surface area contributed by atoms with Crippen LogP contribution in [0, 0.1) is 0 Å². The lowest BCUT2D eigenvalue weighted by atomic mass is 10.9. The van der Waals surface area contributed by atoms with E-state index in [1.807, 2.05) is 0 Å². The maximum atomic E-state index is 5.64. The van der Waals surface area contributed by atoms with E-state index < -0.39 is 9.04 Å².